The Labute approximate surface area is 101 Å². The van der Waals surface area contributed by atoms with Crippen molar-refractivity contribution in [2.24, 2.45) is 0 Å². The SMILES string of the molecule is CCCC(Cl)CNC(=O)CCc1ccco1. The molecule has 0 aliphatic carbocycles. The van der Waals surface area contributed by atoms with Gasteiger partial charge in [0.15, 0.2) is 0 Å². The van der Waals surface area contributed by atoms with Crippen LogP contribution >= 0.6 is 11.6 Å². The Morgan fingerprint density at radius 3 is 3.06 bits per heavy atom. The maximum absolute atomic E-state index is 11.4. The third-order valence-corrected chi connectivity index (χ3v) is 2.67. The van der Waals surface area contributed by atoms with Gasteiger partial charge in [-0.25, -0.2) is 0 Å². The molecule has 0 saturated carbocycles. The number of alkyl halides is 1. The number of hydrogen-bond donors (Lipinski definition) is 1. The van der Waals surface area contributed by atoms with Gasteiger partial charge >= 0.3 is 0 Å². The smallest absolute Gasteiger partial charge is 0.220 e. The van der Waals surface area contributed by atoms with E-state index in [1.165, 1.54) is 0 Å². The van der Waals surface area contributed by atoms with Crippen LogP contribution in [0.4, 0.5) is 0 Å². The van der Waals surface area contributed by atoms with Crippen molar-refractivity contribution in [1.82, 2.24) is 5.32 Å². The molecule has 1 amide bonds. The Hall–Kier alpha value is -0.960. The molecule has 4 heteroatoms. The van der Waals surface area contributed by atoms with Crippen LogP contribution in [0.25, 0.3) is 0 Å². The highest BCUT2D eigenvalue weighted by molar-refractivity contribution is 6.20. The first kappa shape index (κ1) is 13.1. The highest BCUT2D eigenvalue weighted by Crippen LogP contribution is 2.05. The molecule has 0 aliphatic rings. The number of nitrogens with one attached hydrogen (secondary N) is 1. The van der Waals surface area contributed by atoms with Crippen LogP contribution in [0.2, 0.25) is 0 Å². The number of furan rings is 1. The van der Waals surface area contributed by atoms with E-state index in [0.29, 0.717) is 19.4 Å². The molecule has 1 aromatic rings. The quantitative estimate of drug-likeness (QED) is 0.749. The number of carbonyl (C=O) groups is 1. The van der Waals surface area contributed by atoms with Crippen molar-refractivity contribution in [2.45, 2.75) is 38.0 Å². The summed E-state index contributed by atoms with van der Waals surface area (Å²) in [5, 5.41) is 2.86. The molecule has 90 valence electrons. The van der Waals surface area contributed by atoms with Crippen molar-refractivity contribution in [3.05, 3.63) is 24.2 Å². The van der Waals surface area contributed by atoms with Gasteiger partial charge in [-0.2, -0.15) is 0 Å². The summed E-state index contributed by atoms with van der Waals surface area (Å²) in [5.74, 6) is 0.865. The number of aryl methyl sites for hydroxylation is 1. The van der Waals surface area contributed by atoms with Gasteiger partial charge in [-0.3, -0.25) is 4.79 Å². The average Bonchev–Trinajstić information content (AvgIpc) is 2.77. The first-order valence-corrected chi connectivity index (χ1v) is 6.09. The number of hydrogen-bond acceptors (Lipinski definition) is 2. The number of amides is 1. The van der Waals surface area contributed by atoms with Gasteiger partial charge in [0.05, 0.1) is 11.6 Å². The lowest BCUT2D eigenvalue weighted by atomic mass is 10.2. The van der Waals surface area contributed by atoms with Gasteiger partial charge in [0.25, 0.3) is 0 Å². The molecule has 0 radical (unpaired) electrons. The molecule has 0 saturated heterocycles. The topological polar surface area (TPSA) is 42.2 Å². The third kappa shape index (κ3) is 5.21. The highest BCUT2D eigenvalue weighted by atomic mass is 35.5. The molecule has 0 bridgehead atoms. The lowest BCUT2D eigenvalue weighted by molar-refractivity contribution is -0.121. The van der Waals surface area contributed by atoms with Crippen LogP contribution in [0, 0.1) is 0 Å². The third-order valence-electron chi connectivity index (χ3n) is 2.30. The van der Waals surface area contributed by atoms with Crippen LogP contribution in [0.15, 0.2) is 22.8 Å². The van der Waals surface area contributed by atoms with Crippen molar-refractivity contribution in [3.63, 3.8) is 0 Å². The minimum Gasteiger partial charge on any atom is -0.469 e. The summed E-state index contributed by atoms with van der Waals surface area (Å²) in [7, 11) is 0. The molecule has 0 spiro atoms. The lowest BCUT2D eigenvalue weighted by Gasteiger charge is -2.09. The second-order valence-corrected chi connectivity index (χ2v) is 4.39. The molecule has 1 N–H and O–H groups in total. The second-order valence-electron chi connectivity index (χ2n) is 3.77. The van der Waals surface area contributed by atoms with Crippen molar-refractivity contribution < 1.29 is 9.21 Å². The predicted molar refractivity (Wildman–Crippen MR) is 64.6 cm³/mol. The maximum atomic E-state index is 11.4. The molecule has 0 aliphatic heterocycles. The number of halogens is 1. The summed E-state index contributed by atoms with van der Waals surface area (Å²) in [4.78, 5) is 11.4. The summed E-state index contributed by atoms with van der Waals surface area (Å²) < 4.78 is 5.14. The summed E-state index contributed by atoms with van der Waals surface area (Å²) >= 11 is 5.99. The van der Waals surface area contributed by atoms with E-state index in [-0.39, 0.29) is 11.3 Å². The minimum absolute atomic E-state index is 0.0261. The molecule has 16 heavy (non-hydrogen) atoms. The van der Waals surface area contributed by atoms with Crippen LogP contribution in [-0.2, 0) is 11.2 Å². The van der Waals surface area contributed by atoms with E-state index in [1.807, 2.05) is 12.1 Å². The Kier molecular flexibility index (Phi) is 6.01. The molecule has 1 atom stereocenters. The summed E-state index contributed by atoms with van der Waals surface area (Å²) in [6.45, 7) is 2.63. The maximum Gasteiger partial charge on any atom is 0.220 e. The zero-order chi connectivity index (χ0) is 11.8. The van der Waals surface area contributed by atoms with Crippen molar-refractivity contribution in [1.29, 1.82) is 0 Å². The fourth-order valence-corrected chi connectivity index (χ4v) is 1.72. The highest BCUT2D eigenvalue weighted by Gasteiger charge is 2.07. The molecule has 0 fully saturated rings. The first-order valence-electron chi connectivity index (χ1n) is 5.65. The molecule has 1 rings (SSSR count). The zero-order valence-electron chi connectivity index (χ0n) is 9.54. The van der Waals surface area contributed by atoms with Gasteiger partial charge in [0.1, 0.15) is 5.76 Å². The van der Waals surface area contributed by atoms with Gasteiger partial charge in [0.2, 0.25) is 5.91 Å². The predicted octanol–water partition coefficient (Wildman–Crippen LogP) is 2.74. The van der Waals surface area contributed by atoms with Crippen LogP contribution in [-0.4, -0.2) is 17.8 Å². The molecule has 0 aromatic carbocycles. The van der Waals surface area contributed by atoms with Crippen LogP contribution < -0.4 is 5.32 Å². The van der Waals surface area contributed by atoms with Crippen molar-refractivity contribution in [3.8, 4) is 0 Å². The summed E-state index contributed by atoms with van der Waals surface area (Å²) in [6.07, 6.45) is 4.67. The van der Waals surface area contributed by atoms with Gasteiger partial charge in [-0.15, -0.1) is 11.6 Å². The average molecular weight is 244 g/mol. The Morgan fingerprint density at radius 1 is 1.62 bits per heavy atom. The van der Waals surface area contributed by atoms with E-state index in [4.69, 9.17) is 16.0 Å². The fraction of sp³-hybridized carbons (Fsp3) is 0.583. The second kappa shape index (κ2) is 7.34. The fourth-order valence-electron chi connectivity index (χ4n) is 1.42. The first-order chi connectivity index (χ1) is 7.72. The van der Waals surface area contributed by atoms with E-state index >= 15 is 0 Å². The minimum atomic E-state index is 0.0261. The normalized spacial score (nSPS) is 12.4. The van der Waals surface area contributed by atoms with Gasteiger partial charge in [0, 0.05) is 19.4 Å². The molecule has 3 nitrogen and oxygen atoms in total. The molecular formula is C12H18ClNO2. The summed E-state index contributed by atoms with van der Waals surface area (Å²) in [6, 6.07) is 3.69. The molecule has 1 aromatic heterocycles. The molecular weight excluding hydrogens is 226 g/mol. The molecule has 1 heterocycles. The van der Waals surface area contributed by atoms with E-state index in [0.717, 1.165) is 18.6 Å². The van der Waals surface area contributed by atoms with E-state index in [1.54, 1.807) is 6.26 Å². The monoisotopic (exact) mass is 243 g/mol. The van der Waals surface area contributed by atoms with E-state index in [9.17, 15) is 4.79 Å². The largest absolute Gasteiger partial charge is 0.469 e. The Bertz CT molecular complexity index is 298. The van der Waals surface area contributed by atoms with Crippen LogP contribution in [0.1, 0.15) is 31.9 Å². The Morgan fingerprint density at radius 2 is 2.44 bits per heavy atom. The van der Waals surface area contributed by atoms with E-state index < -0.39 is 0 Å². The van der Waals surface area contributed by atoms with E-state index in [2.05, 4.69) is 12.2 Å². The lowest BCUT2D eigenvalue weighted by Crippen LogP contribution is -2.29. The van der Waals surface area contributed by atoms with Gasteiger partial charge < -0.3 is 9.73 Å². The Balaban J connectivity index is 2.11. The zero-order valence-corrected chi connectivity index (χ0v) is 10.3. The molecule has 1 unspecified atom stereocenters. The van der Waals surface area contributed by atoms with Gasteiger partial charge in [-0.05, 0) is 18.6 Å². The number of rotatable bonds is 7. The van der Waals surface area contributed by atoms with Crippen LogP contribution in [0.5, 0.6) is 0 Å². The summed E-state index contributed by atoms with van der Waals surface area (Å²) in [5.41, 5.74) is 0. The van der Waals surface area contributed by atoms with Gasteiger partial charge in [-0.1, -0.05) is 13.3 Å². The standard InChI is InChI=1S/C12H18ClNO2/c1-2-4-10(13)9-14-12(15)7-6-11-5-3-8-16-11/h3,5,8,10H,2,4,6-7,9H2,1H3,(H,14,15). The van der Waals surface area contributed by atoms with Crippen molar-refractivity contribution >= 4 is 17.5 Å². The number of carbonyl (C=O) groups excluding carboxylic acids is 1. The van der Waals surface area contributed by atoms with Crippen molar-refractivity contribution in [2.75, 3.05) is 6.54 Å². The van der Waals surface area contributed by atoms with Crippen LogP contribution in [0.3, 0.4) is 0 Å².